The molecule has 1 atom stereocenters. The molecule has 1 aliphatic rings. The fraction of sp³-hybridized carbons (Fsp3) is 0.350. The van der Waals surface area contributed by atoms with Crippen LogP contribution in [-0.2, 0) is 22.6 Å². The maximum atomic E-state index is 12.3. The van der Waals surface area contributed by atoms with Crippen molar-refractivity contribution in [3.8, 4) is 0 Å². The van der Waals surface area contributed by atoms with Crippen molar-refractivity contribution in [1.82, 2.24) is 10.2 Å². The fourth-order valence-electron chi connectivity index (χ4n) is 2.94. The van der Waals surface area contributed by atoms with Crippen LogP contribution in [0.2, 0.25) is 0 Å². The van der Waals surface area contributed by atoms with Crippen LogP contribution in [0.1, 0.15) is 47.9 Å². The van der Waals surface area contributed by atoms with Crippen molar-refractivity contribution in [3.05, 3.63) is 59.5 Å². The summed E-state index contributed by atoms with van der Waals surface area (Å²) in [5.41, 5.74) is 1.38. The first-order chi connectivity index (χ1) is 12.5. The second kappa shape index (κ2) is 7.99. The number of hydrogen-bond donors (Lipinski definition) is 1. The number of carbonyl (C=O) groups is 3. The number of carbonyl (C=O) groups excluding carboxylic acids is 3. The van der Waals surface area contributed by atoms with Crippen molar-refractivity contribution in [2.75, 3.05) is 0 Å². The highest BCUT2D eigenvalue weighted by atomic mass is 16.3. The molecule has 0 saturated carbocycles. The number of likely N-dealkylation sites (tertiary alicyclic amines) is 1. The van der Waals surface area contributed by atoms with Crippen LogP contribution in [-0.4, -0.2) is 28.7 Å². The topological polar surface area (TPSA) is 79.6 Å². The van der Waals surface area contributed by atoms with Crippen molar-refractivity contribution >= 4 is 17.7 Å². The van der Waals surface area contributed by atoms with Gasteiger partial charge in [0, 0.05) is 30.9 Å². The molecule has 26 heavy (non-hydrogen) atoms. The first-order valence-corrected chi connectivity index (χ1v) is 8.78. The van der Waals surface area contributed by atoms with Crippen LogP contribution in [0.4, 0.5) is 0 Å². The van der Waals surface area contributed by atoms with E-state index < -0.39 is 0 Å². The zero-order chi connectivity index (χ0) is 18.5. The molecular weight excluding hydrogens is 332 g/mol. The Morgan fingerprint density at radius 1 is 1.15 bits per heavy atom. The molecule has 1 N–H and O–H groups in total. The van der Waals surface area contributed by atoms with Crippen molar-refractivity contribution in [2.45, 2.75) is 45.2 Å². The van der Waals surface area contributed by atoms with Crippen LogP contribution >= 0.6 is 0 Å². The van der Waals surface area contributed by atoms with Crippen molar-refractivity contribution < 1.29 is 18.8 Å². The monoisotopic (exact) mass is 354 g/mol. The summed E-state index contributed by atoms with van der Waals surface area (Å²) in [7, 11) is 0. The minimum atomic E-state index is -0.142. The molecule has 3 amide bonds. The van der Waals surface area contributed by atoms with E-state index in [9.17, 15) is 14.4 Å². The van der Waals surface area contributed by atoms with Crippen LogP contribution in [0.15, 0.2) is 47.1 Å². The highest BCUT2D eigenvalue weighted by molar-refractivity contribution is 6.01. The molecule has 0 bridgehead atoms. The number of hydrogen-bond acceptors (Lipinski definition) is 4. The minimum absolute atomic E-state index is 0.0205. The average molecular weight is 354 g/mol. The summed E-state index contributed by atoms with van der Waals surface area (Å²) in [6, 6.07) is 10.8. The van der Waals surface area contributed by atoms with E-state index in [1.165, 1.54) is 4.90 Å². The van der Waals surface area contributed by atoms with Gasteiger partial charge in [0.1, 0.15) is 5.76 Å². The Kier molecular flexibility index (Phi) is 5.51. The number of aryl methyl sites for hydroxylation is 1. The normalized spacial score (nSPS) is 15.3. The fourth-order valence-corrected chi connectivity index (χ4v) is 2.94. The summed E-state index contributed by atoms with van der Waals surface area (Å²) in [4.78, 5) is 36.9. The molecule has 1 aromatic heterocycles. The Morgan fingerprint density at radius 3 is 2.46 bits per heavy atom. The van der Waals surface area contributed by atoms with Gasteiger partial charge in [-0.3, -0.25) is 19.3 Å². The van der Waals surface area contributed by atoms with Gasteiger partial charge < -0.3 is 9.73 Å². The van der Waals surface area contributed by atoms with Gasteiger partial charge >= 0.3 is 0 Å². The smallest absolute Gasteiger partial charge is 0.251 e. The van der Waals surface area contributed by atoms with Crippen molar-refractivity contribution in [2.24, 2.45) is 0 Å². The molecule has 1 saturated heterocycles. The maximum Gasteiger partial charge on any atom is 0.251 e. The van der Waals surface area contributed by atoms with Crippen LogP contribution in [0.5, 0.6) is 0 Å². The number of nitrogens with one attached hydrogen (secondary N) is 1. The summed E-state index contributed by atoms with van der Waals surface area (Å²) in [6.45, 7) is 2.22. The number of rotatable bonds is 7. The molecule has 1 aromatic carbocycles. The summed E-state index contributed by atoms with van der Waals surface area (Å²) < 4.78 is 5.29. The van der Waals surface area contributed by atoms with E-state index in [-0.39, 0.29) is 43.1 Å². The second-order valence-corrected chi connectivity index (χ2v) is 6.56. The number of amides is 3. The lowest BCUT2D eigenvalue weighted by atomic mass is 10.1. The predicted molar refractivity (Wildman–Crippen MR) is 95.2 cm³/mol. The van der Waals surface area contributed by atoms with E-state index in [4.69, 9.17) is 4.42 Å². The molecule has 1 aliphatic heterocycles. The lowest BCUT2D eigenvalue weighted by Crippen LogP contribution is -2.33. The zero-order valence-electron chi connectivity index (χ0n) is 14.7. The third kappa shape index (κ3) is 4.39. The van der Waals surface area contributed by atoms with Gasteiger partial charge in [-0.2, -0.15) is 0 Å². The lowest BCUT2D eigenvalue weighted by molar-refractivity contribution is -0.139. The highest BCUT2D eigenvalue weighted by Gasteiger charge is 2.28. The van der Waals surface area contributed by atoms with Crippen LogP contribution in [0, 0.1) is 0 Å². The Morgan fingerprint density at radius 2 is 1.85 bits per heavy atom. The lowest BCUT2D eigenvalue weighted by Gasteiger charge is -2.15. The van der Waals surface area contributed by atoms with Crippen molar-refractivity contribution in [1.29, 1.82) is 0 Å². The number of furan rings is 1. The summed E-state index contributed by atoms with van der Waals surface area (Å²) in [5.74, 6) is 0.489. The number of nitrogens with zero attached hydrogens (tertiary/aromatic N) is 1. The van der Waals surface area contributed by atoms with Gasteiger partial charge in [-0.1, -0.05) is 12.1 Å². The maximum absolute atomic E-state index is 12.3. The molecule has 0 spiro atoms. The van der Waals surface area contributed by atoms with E-state index in [0.717, 1.165) is 24.2 Å². The third-order valence-electron chi connectivity index (χ3n) is 4.49. The summed E-state index contributed by atoms with van der Waals surface area (Å²) >= 11 is 0. The Labute approximate surface area is 152 Å². The molecule has 2 aromatic rings. The SMILES string of the molecule is C[C@H](CCc1ccco1)NC(=O)c1ccc(CN2C(=O)CCC2=O)cc1. The minimum Gasteiger partial charge on any atom is -0.469 e. The van der Waals surface area contributed by atoms with Crippen LogP contribution < -0.4 is 5.32 Å². The average Bonchev–Trinajstić information content (AvgIpc) is 3.26. The van der Waals surface area contributed by atoms with Gasteiger partial charge in [-0.25, -0.2) is 0 Å². The van der Waals surface area contributed by atoms with E-state index in [1.807, 2.05) is 19.1 Å². The zero-order valence-corrected chi connectivity index (χ0v) is 14.7. The number of benzene rings is 1. The van der Waals surface area contributed by atoms with Gasteiger partial charge in [0.05, 0.1) is 12.8 Å². The van der Waals surface area contributed by atoms with E-state index >= 15 is 0 Å². The van der Waals surface area contributed by atoms with Gasteiger partial charge in [0.2, 0.25) is 11.8 Å². The summed E-state index contributed by atoms with van der Waals surface area (Å²) in [5, 5.41) is 2.97. The molecule has 0 aliphatic carbocycles. The Balaban J connectivity index is 1.51. The predicted octanol–water partition coefficient (Wildman–Crippen LogP) is 2.68. The van der Waals surface area contributed by atoms with Gasteiger partial charge in [0.15, 0.2) is 0 Å². The van der Waals surface area contributed by atoms with Crippen LogP contribution in [0.25, 0.3) is 0 Å². The molecule has 6 heteroatoms. The molecule has 6 nitrogen and oxygen atoms in total. The third-order valence-corrected chi connectivity index (χ3v) is 4.49. The molecule has 0 radical (unpaired) electrons. The molecule has 1 fully saturated rings. The first kappa shape index (κ1) is 17.9. The Hall–Kier alpha value is -2.89. The molecular formula is C20H22N2O4. The molecule has 3 rings (SSSR count). The largest absolute Gasteiger partial charge is 0.469 e. The van der Waals surface area contributed by atoms with Crippen molar-refractivity contribution in [3.63, 3.8) is 0 Å². The van der Waals surface area contributed by atoms with E-state index in [2.05, 4.69) is 5.32 Å². The molecule has 2 heterocycles. The highest BCUT2D eigenvalue weighted by Crippen LogP contribution is 2.16. The quantitative estimate of drug-likeness (QED) is 0.775. The van der Waals surface area contributed by atoms with E-state index in [1.54, 1.807) is 30.5 Å². The van der Waals surface area contributed by atoms with Gasteiger partial charge in [-0.15, -0.1) is 0 Å². The van der Waals surface area contributed by atoms with E-state index in [0.29, 0.717) is 5.56 Å². The molecule has 0 unspecified atom stereocenters. The second-order valence-electron chi connectivity index (χ2n) is 6.56. The Bertz CT molecular complexity index is 765. The van der Waals surface area contributed by atoms with Gasteiger partial charge in [-0.05, 0) is 43.2 Å². The number of imide groups is 1. The molecule has 136 valence electrons. The van der Waals surface area contributed by atoms with Gasteiger partial charge in [0.25, 0.3) is 5.91 Å². The standard InChI is InChI=1S/C20H22N2O4/c1-14(4-9-17-3-2-12-26-17)21-20(25)16-7-5-15(6-8-16)13-22-18(23)10-11-19(22)24/h2-3,5-8,12,14H,4,9-11,13H2,1H3,(H,21,25)/t14-/m1/s1. The first-order valence-electron chi connectivity index (χ1n) is 8.78. The summed E-state index contributed by atoms with van der Waals surface area (Å²) in [6.07, 6.45) is 3.77. The van der Waals surface area contributed by atoms with Crippen LogP contribution in [0.3, 0.4) is 0 Å².